The Hall–Kier alpha value is -0.770. The first-order chi connectivity index (χ1) is 8.98. The minimum Gasteiger partial charge on any atom is -0.396 e. The lowest BCUT2D eigenvalue weighted by molar-refractivity contribution is 0.0830. The maximum atomic E-state index is 12.2. The van der Waals surface area contributed by atoms with Crippen LogP contribution in [0.25, 0.3) is 0 Å². The highest BCUT2D eigenvalue weighted by Crippen LogP contribution is 2.37. The number of halogens is 2. The zero-order valence-corrected chi connectivity index (χ0v) is 12.3. The molecule has 2 N–H and O–H groups in total. The van der Waals surface area contributed by atoms with Gasteiger partial charge in [0.1, 0.15) is 0 Å². The average Bonchev–Trinajstić information content (AvgIpc) is 2.75. The number of carbonyl (C=O) groups is 1. The van der Waals surface area contributed by atoms with E-state index in [2.05, 4.69) is 5.32 Å². The van der Waals surface area contributed by atoms with Gasteiger partial charge in [0.25, 0.3) is 5.91 Å². The summed E-state index contributed by atoms with van der Waals surface area (Å²) in [7, 11) is 0. The molecule has 0 bridgehead atoms. The molecule has 5 heteroatoms. The van der Waals surface area contributed by atoms with Gasteiger partial charge in [-0.3, -0.25) is 4.79 Å². The third-order valence-corrected chi connectivity index (χ3v) is 4.76. The first kappa shape index (κ1) is 14.6. The van der Waals surface area contributed by atoms with E-state index in [9.17, 15) is 9.90 Å². The molecule has 0 heterocycles. The van der Waals surface area contributed by atoms with E-state index < -0.39 is 0 Å². The largest absolute Gasteiger partial charge is 0.396 e. The molecule has 1 aromatic carbocycles. The molecule has 0 aromatic heterocycles. The molecule has 0 saturated heterocycles. The molecule has 104 valence electrons. The van der Waals surface area contributed by atoms with Gasteiger partial charge >= 0.3 is 0 Å². The Labute approximate surface area is 122 Å². The van der Waals surface area contributed by atoms with E-state index in [0.29, 0.717) is 10.6 Å². The minimum atomic E-state index is -0.249. The van der Waals surface area contributed by atoms with Crippen LogP contribution in [0.2, 0.25) is 10.0 Å². The SMILES string of the molecule is CC1(CO)CCCC1NC(=O)c1cccc(Cl)c1Cl. The lowest BCUT2D eigenvalue weighted by atomic mass is 9.85. The molecule has 0 aliphatic heterocycles. The average molecular weight is 302 g/mol. The van der Waals surface area contributed by atoms with Gasteiger partial charge in [-0.15, -0.1) is 0 Å². The van der Waals surface area contributed by atoms with Gasteiger partial charge in [0.15, 0.2) is 0 Å². The van der Waals surface area contributed by atoms with Crippen molar-refractivity contribution in [3.63, 3.8) is 0 Å². The topological polar surface area (TPSA) is 49.3 Å². The van der Waals surface area contributed by atoms with Gasteiger partial charge in [-0.2, -0.15) is 0 Å². The predicted molar refractivity (Wildman–Crippen MR) is 76.8 cm³/mol. The van der Waals surface area contributed by atoms with E-state index in [0.717, 1.165) is 19.3 Å². The molecule has 0 spiro atoms. The van der Waals surface area contributed by atoms with E-state index in [1.165, 1.54) is 0 Å². The highest BCUT2D eigenvalue weighted by atomic mass is 35.5. The molecule has 1 aliphatic carbocycles. The normalized spacial score (nSPS) is 26.4. The van der Waals surface area contributed by atoms with Gasteiger partial charge in [-0.05, 0) is 25.0 Å². The van der Waals surface area contributed by atoms with Crippen molar-refractivity contribution < 1.29 is 9.90 Å². The molecule has 1 saturated carbocycles. The fraction of sp³-hybridized carbons (Fsp3) is 0.500. The van der Waals surface area contributed by atoms with E-state index in [4.69, 9.17) is 23.2 Å². The highest BCUT2D eigenvalue weighted by Gasteiger charge is 2.39. The van der Waals surface area contributed by atoms with Gasteiger partial charge in [0.05, 0.1) is 22.2 Å². The van der Waals surface area contributed by atoms with Gasteiger partial charge in [0, 0.05) is 11.5 Å². The Kier molecular flexibility index (Phi) is 4.39. The fourth-order valence-corrected chi connectivity index (χ4v) is 2.97. The number of nitrogens with one attached hydrogen (secondary N) is 1. The van der Waals surface area contributed by atoms with Crippen LogP contribution in [0.3, 0.4) is 0 Å². The van der Waals surface area contributed by atoms with Crippen LogP contribution in [0, 0.1) is 5.41 Å². The molecule has 2 atom stereocenters. The van der Waals surface area contributed by atoms with Gasteiger partial charge in [0.2, 0.25) is 0 Å². The Morgan fingerprint density at radius 2 is 2.26 bits per heavy atom. The molecule has 1 amide bonds. The predicted octanol–water partition coefficient (Wildman–Crippen LogP) is 3.27. The van der Waals surface area contributed by atoms with Crippen LogP contribution >= 0.6 is 23.2 Å². The second-order valence-corrected chi connectivity index (χ2v) is 6.12. The van der Waals surface area contributed by atoms with Crippen molar-refractivity contribution in [3.8, 4) is 0 Å². The van der Waals surface area contributed by atoms with Crippen LogP contribution in [0.4, 0.5) is 0 Å². The lowest BCUT2D eigenvalue weighted by Gasteiger charge is -2.30. The quantitative estimate of drug-likeness (QED) is 0.900. The maximum absolute atomic E-state index is 12.2. The van der Waals surface area contributed by atoms with Crippen LogP contribution in [-0.2, 0) is 0 Å². The summed E-state index contributed by atoms with van der Waals surface area (Å²) in [6.45, 7) is 2.06. The Morgan fingerprint density at radius 3 is 2.95 bits per heavy atom. The molecule has 3 nitrogen and oxygen atoms in total. The van der Waals surface area contributed by atoms with Gasteiger partial charge in [-0.1, -0.05) is 42.6 Å². The van der Waals surface area contributed by atoms with Crippen LogP contribution in [-0.4, -0.2) is 23.7 Å². The van der Waals surface area contributed by atoms with E-state index in [1.807, 2.05) is 6.92 Å². The summed E-state index contributed by atoms with van der Waals surface area (Å²) in [6, 6.07) is 4.96. The van der Waals surface area contributed by atoms with Crippen LogP contribution < -0.4 is 5.32 Å². The molecule has 2 rings (SSSR count). The lowest BCUT2D eigenvalue weighted by Crippen LogP contribution is -2.44. The third-order valence-electron chi connectivity index (χ3n) is 3.94. The number of rotatable bonds is 3. The maximum Gasteiger partial charge on any atom is 0.253 e. The summed E-state index contributed by atoms with van der Waals surface area (Å²) < 4.78 is 0. The summed E-state index contributed by atoms with van der Waals surface area (Å²) in [6.07, 6.45) is 2.80. The summed E-state index contributed by atoms with van der Waals surface area (Å²) in [4.78, 5) is 12.2. The number of hydrogen-bond donors (Lipinski definition) is 2. The number of carbonyl (C=O) groups excluding carboxylic acids is 1. The summed E-state index contributed by atoms with van der Waals surface area (Å²) in [5.41, 5.74) is 0.127. The standard InChI is InChI=1S/C14H17Cl2NO2/c1-14(8-18)7-3-6-11(14)17-13(19)9-4-2-5-10(15)12(9)16/h2,4-5,11,18H,3,6-8H2,1H3,(H,17,19). The van der Waals surface area contributed by atoms with Crippen molar-refractivity contribution in [1.82, 2.24) is 5.32 Å². The van der Waals surface area contributed by atoms with E-state index in [-0.39, 0.29) is 29.0 Å². The monoisotopic (exact) mass is 301 g/mol. The number of amides is 1. The molecule has 1 fully saturated rings. The molecule has 1 aromatic rings. The molecule has 0 radical (unpaired) electrons. The van der Waals surface area contributed by atoms with Crippen molar-refractivity contribution in [2.45, 2.75) is 32.2 Å². The summed E-state index contributed by atoms with van der Waals surface area (Å²) >= 11 is 11.9. The van der Waals surface area contributed by atoms with Crippen LogP contribution in [0.15, 0.2) is 18.2 Å². The van der Waals surface area contributed by atoms with Crippen LogP contribution in [0.5, 0.6) is 0 Å². The third kappa shape index (κ3) is 2.88. The first-order valence-corrected chi connectivity index (χ1v) is 7.09. The van der Waals surface area contributed by atoms with Crippen molar-refractivity contribution >= 4 is 29.1 Å². The zero-order chi connectivity index (χ0) is 14.0. The Bertz CT molecular complexity index is 492. The highest BCUT2D eigenvalue weighted by molar-refractivity contribution is 6.43. The van der Waals surface area contributed by atoms with Crippen molar-refractivity contribution in [3.05, 3.63) is 33.8 Å². The first-order valence-electron chi connectivity index (χ1n) is 6.34. The zero-order valence-electron chi connectivity index (χ0n) is 10.7. The number of aliphatic hydroxyl groups excluding tert-OH is 1. The molecular weight excluding hydrogens is 285 g/mol. The second kappa shape index (κ2) is 5.70. The number of hydrogen-bond acceptors (Lipinski definition) is 2. The minimum absolute atomic E-state index is 0.0277. The van der Waals surface area contributed by atoms with Gasteiger partial charge < -0.3 is 10.4 Å². The molecule has 1 aliphatic rings. The number of aliphatic hydroxyl groups is 1. The smallest absolute Gasteiger partial charge is 0.253 e. The van der Waals surface area contributed by atoms with Gasteiger partial charge in [-0.25, -0.2) is 0 Å². The Balaban J connectivity index is 2.15. The summed E-state index contributed by atoms with van der Waals surface area (Å²) in [5, 5.41) is 13.1. The van der Waals surface area contributed by atoms with Crippen molar-refractivity contribution in [2.75, 3.05) is 6.61 Å². The molecular formula is C14H17Cl2NO2. The molecule has 19 heavy (non-hydrogen) atoms. The fourth-order valence-electron chi connectivity index (χ4n) is 2.58. The van der Waals surface area contributed by atoms with E-state index >= 15 is 0 Å². The van der Waals surface area contributed by atoms with Crippen LogP contribution in [0.1, 0.15) is 36.5 Å². The Morgan fingerprint density at radius 1 is 1.53 bits per heavy atom. The molecule has 2 unspecified atom stereocenters. The number of benzene rings is 1. The van der Waals surface area contributed by atoms with E-state index in [1.54, 1.807) is 18.2 Å². The van der Waals surface area contributed by atoms with Crippen molar-refractivity contribution in [2.24, 2.45) is 5.41 Å². The van der Waals surface area contributed by atoms with Crippen molar-refractivity contribution in [1.29, 1.82) is 0 Å². The second-order valence-electron chi connectivity index (χ2n) is 5.33. The summed E-state index contributed by atoms with van der Waals surface area (Å²) in [5.74, 6) is -0.237.